The van der Waals surface area contributed by atoms with Gasteiger partial charge in [-0.15, -0.1) is 0 Å². The summed E-state index contributed by atoms with van der Waals surface area (Å²) in [7, 11) is 0. The van der Waals surface area contributed by atoms with E-state index in [0.717, 1.165) is 19.5 Å². The van der Waals surface area contributed by atoms with Gasteiger partial charge < -0.3 is 10.6 Å². The monoisotopic (exact) mass is 212 g/mol. The number of carbonyl (C=O) groups is 1. The number of hydrogen-bond acceptors (Lipinski definition) is 2. The summed E-state index contributed by atoms with van der Waals surface area (Å²) in [6.07, 6.45) is 8.33. The molecule has 1 fully saturated rings. The molecule has 0 aliphatic carbocycles. The maximum atomic E-state index is 10.9. The molecule has 15 heavy (non-hydrogen) atoms. The number of nitrogens with one attached hydrogen (secondary N) is 2. The van der Waals surface area contributed by atoms with Gasteiger partial charge in [-0.2, -0.15) is 0 Å². The minimum atomic E-state index is 0.213. The van der Waals surface area contributed by atoms with Crippen molar-refractivity contribution in [3.63, 3.8) is 0 Å². The van der Waals surface area contributed by atoms with Crippen LogP contribution in [-0.2, 0) is 4.79 Å². The highest BCUT2D eigenvalue weighted by molar-refractivity contribution is 5.78. The molecule has 1 aliphatic heterocycles. The van der Waals surface area contributed by atoms with E-state index in [9.17, 15) is 4.79 Å². The molecule has 0 bridgehead atoms. The van der Waals surface area contributed by atoms with Crippen molar-refractivity contribution >= 4 is 5.91 Å². The lowest BCUT2D eigenvalue weighted by Crippen LogP contribution is -2.35. The molecule has 3 nitrogen and oxygen atoms in total. The number of unbranched alkanes of at least 4 members (excludes halogenated alkanes) is 4. The zero-order valence-corrected chi connectivity index (χ0v) is 9.85. The lowest BCUT2D eigenvalue weighted by atomic mass is 10.1. The van der Waals surface area contributed by atoms with Crippen LogP contribution in [0.4, 0.5) is 0 Å². The van der Waals surface area contributed by atoms with Crippen LogP contribution in [0, 0.1) is 0 Å². The molecule has 1 aliphatic rings. The van der Waals surface area contributed by atoms with Gasteiger partial charge in [-0.1, -0.05) is 32.6 Å². The molecule has 0 saturated carbocycles. The third-order valence-corrected chi connectivity index (χ3v) is 2.93. The molecule has 0 aromatic carbocycles. The van der Waals surface area contributed by atoms with Crippen LogP contribution in [0.25, 0.3) is 0 Å². The van der Waals surface area contributed by atoms with E-state index in [1.165, 1.54) is 32.1 Å². The Morgan fingerprint density at radius 3 is 2.80 bits per heavy atom. The Bertz CT molecular complexity index is 182. The third kappa shape index (κ3) is 5.78. The SMILES string of the molecule is CCCCCCCNCC1CCC(=O)N1. The first-order valence-electron chi connectivity index (χ1n) is 6.33. The maximum absolute atomic E-state index is 10.9. The zero-order chi connectivity index (χ0) is 10.9. The van der Waals surface area contributed by atoms with E-state index in [1.54, 1.807) is 0 Å². The van der Waals surface area contributed by atoms with Gasteiger partial charge in [0.05, 0.1) is 0 Å². The lowest BCUT2D eigenvalue weighted by molar-refractivity contribution is -0.119. The van der Waals surface area contributed by atoms with Crippen LogP contribution in [0.5, 0.6) is 0 Å². The van der Waals surface area contributed by atoms with E-state index in [4.69, 9.17) is 0 Å². The van der Waals surface area contributed by atoms with Crippen molar-refractivity contribution in [3.8, 4) is 0 Å². The Kier molecular flexibility index (Phi) is 6.41. The van der Waals surface area contributed by atoms with Gasteiger partial charge in [0.15, 0.2) is 0 Å². The molecule has 1 rings (SSSR count). The van der Waals surface area contributed by atoms with Gasteiger partial charge in [0.25, 0.3) is 0 Å². The van der Waals surface area contributed by atoms with Crippen molar-refractivity contribution in [1.29, 1.82) is 0 Å². The van der Waals surface area contributed by atoms with Crippen LogP contribution in [-0.4, -0.2) is 25.0 Å². The van der Waals surface area contributed by atoms with E-state index < -0.39 is 0 Å². The first kappa shape index (κ1) is 12.5. The molecule has 1 heterocycles. The van der Waals surface area contributed by atoms with Crippen molar-refractivity contribution in [2.75, 3.05) is 13.1 Å². The second-order valence-electron chi connectivity index (χ2n) is 4.42. The van der Waals surface area contributed by atoms with E-state index in [0.29, 0.717) is 12.5 Å². The summed E-state index contributed by atoms with van der Waals surface area (Å²) in [5.74, 6) is 0.213. The Morgan fingerprint density at radius 1 is 1.33 bits per heavy atom. The van der Waals surface area contributed by atoms with Gasteiger partial charge in [-0.3, -0.25) is 4.79 Å². The maximum Gasteiger partial charge on any atom is 0.220 e. The number of rotatable bonds is 8. The van der Waals surface area contributed by atoms with E-state index >= 15 is 0 Å². The number of amides is 1. The van der Waals surface area contributed by atoms with Crippen LogP contribution < -0.4 is 10.6 Å². The quantitative estimate of drug-likeness (QED) is 0.603. The molecular formula is C12H24N2O. The van der Waals surface area contributed by atoms with Crippen LogP contribution in [0.1, 0.15) is 51.9 Å². The fourth-order valence-electron chi connectivity index (χ4n) is 1.96. The molecule has 0 spiro atoms. The Morgan fingerprint density at radius 2 is 2.13 bits per heavy atom. The second kappa shape index (κ2) is 7.69. The predicted octanol–water partition coefficient (Wildman–Crippen LogP) is 1.82. The zero-order valence-electron chi connectivity index (χ0n) is 9.85. The van der Waals surface area contributed by atoms with Crippen LogP contribution in [0.2, 0.25) is 0 Å². The lowest BCUT2D eigenvalue weighted by Gasteiger charge is -2.10. The molecule has 1 atom stereocenters. The minimum Gasteiger partial charge on any atom is -0.352 e. The van der Waals surface area contributed by atoms with Crippen molar-refractivity contribution in [1.82, 2.24) is 10.6 Å². The summed E-state index contributed by atoms with van der Waals surface area (Å²) in [5.41, 5.74) is 0. The van der Waals surface area contributed by atoms with Crippen molar-refractivity contribution in [3.05, 3.63) is 0 Å². The molecule has 88 valence electrons. The van der Waals surface area contributed by atoms with Gasteiger partial charge in [-0.05, 0) is 19.4 Å². The number of carbonyl (C=O) groups excluding carboxylic acids is 1. The largest absolute Gasteiger partial charge is 0.352 e. The molecule has 1 unspecified atom stereocenters. The van der Waals surface area contributed by atoms with Crippen LogP contribution in [0.3, 0.4) is 0 Å². The highest BCUT2D eigenvalue weighted by atomic mass is 16.1. The second-order valence-corrected chi connectivity index (χ2v) is 4.42. The molecule has 0 radical (unpaired) electrons. The highest BCUT2D eigenvalue weighted by Gasteiger charge is 2.19. The minimum absolute atomic E-state index is 0.213. The average molecular weight is 212 g/mol. The molecule has 1 amide bonds. The predicted molar refractivity (Wildman–Crippen MR) is 62.8 cm³/mol. The van der Waals surface area contributed by atoms with Crippen molar-refractivity contribution in [2.45, 2.75) is 57.9 Å². The Balaban J connectivity index is 1.83. The first-order chi connectivity index (χ1) is 7.33. The fraction of sp³-hybridized carbons (Fsp3) is 0.917. The highest BCUT2D eigenvalue weighted by Crippen LogP contribution is 2.05. The van der Waals surface area contributed by atoms with Gasteiger partial charge >= 0.3 is 0 Å². The molecule has 0 aromatic rings. The molecule has 2 N–H and O–H groups in total. The van der Waals surface area contributed by atoms with E-state index in [2.05, 4.69) is 17.6 Å². The topological polar surface area (TPSA) is 41.1 Å². The summed E-state index contributed by atoms with van der Waals surface area (Å²) >= 11 is 0. The smallest absolute Gasteiger partial charge is 0.220 e. The standard InChI is InChI=1S/C12H24N2O/c1-2-3-4-5-6-9-13-10-11-7-8-12(15)14-11/h11,13H,2-10H2,1H3,(H,14,15). The van der Waals surface area contributed by atoms with E-state index in [-0.39, 0.29) is 5.91 Å². The van der Waals surface area contributed by atoms with Crippen LogP contribution in [0.15, 0.2) is 0 Å². The molecule has 3 heteroatoms. The molecule has 0 aromatic heterocycles. The normalized spacial score (nSPS) is 20.6. The summed E-state index contributed by atoms with van der Waals surface area (Å²) in [6.45, 7) is 4.27. The van der Waals surface area contributed by atoms with Crippen molar-refractivity contribution < 1.29 is 4.79 Å². The first-order valence-corrected chi connectivity index (χ1v) is 6.33. The fourth-order valence-corrected chi connectivity index (χ4v) is 1.96. The van der Waals surface area contributed by atoms with Crippen molar-refractivity contribution in [2.24, 2.45) is 0 Å². The summed E-state index contributed by atoms with van der Waals surface area (Å²) in [4.78, 5) is 10.9. The average Bonchev–Trinajstić information content (AvgIpc) is 2.63. The van der Waals surface area contributed by atoms with Gasteiger partial charge in [0.1, 0.15) is 0 Å². The Hall–Kier alpha value is -0.570. The molecular weight excluding hydrogens is 188 g/mol. The summed E-state index contributed by atoms with van der Waals surface area (Å²) in [5, 5.41) is 6.37. The van der Waals surface area contributed by atoms with Gasteiger partial charge in [0, 0.05) is 19.0 Å². The molecule has 1 saturated heterocycles. The number of hydrogen-bond donors (Lipinski definition) is 2. The van der Waals surface area contributed by atoms with Gasteiger partial charge in [0.2, 0.25) is 5.91 Å². The summed E-state index contributed by atoms with van der Waals surface area (Å²) in [6, 6.07) is 0.383. The van der Waals surface area contributed by atoms with E-state index in [1.807, 2.05) is 0 Å². The third-order valence-electron chi connectivity index (χ3n) is 2.93. The van der Waals surface area contributed by atoms with Gasteiger partial charge in [-0.25, -0.2) is 0 Å². The Labute approximate surface area is 93.0 Å². The summed E-state index contributed by atoms with van der Waals surface area (Å²) < 4.78 is 0. The van der Waals surface area contributed by atoms with Crippen LogP contribution >= 0.6 is 0 Å².